The van der Waals surface area contributed by atoms with E-state index < -0.39 is 0 Å². The molecule has 0 spiro atoms. The van der Waals surface area contributed by atoms with Crippen LogP contribution in [0, 0.1) is 5.82 Å². The van der Waals surface area contributed by atoms with Crippen molar-refractivity contribution in [2.45, 2.75) is 43.0 Å². The molecule has 0 amide bonds. The Morgan fingerprint density at radius 1 is 1.35 bits per heavy atom. The van der Waals surface area contributed by atoms with Crippen LogP contribution in [0.2, 0.25) is 0 Å². The van der Waals surface area contributed by atoms with E-state index in [1.54, 1.807) is 10.6 Å². The van der Waals surface area contributed by atoms with Crippen molar-refractivity contribution in [2.75, 3.05) is 6.61 Å². The lowest BCUT2D eigenvalue weighted by atomic mass is 10.2. The van der Waals surface area contributed by atoms with Crippen LogP contribution in [0.1, 0.15) is 29.7 Å². The van der Waals surface area contributed by atoms with Gasteiger partial charge in [0.05, 0.1) is 0 Å². The zero-order valence-corrected chi connectivity index (χ0v) is 13.6. The normalized spacial score (nSPS) is 13.3. The van der Waals surface area contributed by atoms with Gasteiger partial charge in [-0.05, 0) is 43.4 Å². The highest BCUT2D eigenvalue weighted by Gasteiger charge is 2.21. The van der Waals surface area contributed by atoms with E-state index >= 15 is 0 Å². The maximum Gasteiger partial charge on any atom is 0.348 e. The van der Waals surface area contributed by atoms with E-state index in [-0.39, 0.29) is 18.1 Å². The molecule has 0 aliphatic heterocycles. The summed E-state index contributed by atoms with van der Waals surface area (Å²) in [5.41, 5.74) is 2.83. The number of benzene rings is 1. The molecule has 1 aromatic heterocycles. The number of aliphatic hydroxyl groups is 1. The van der Waals surface area contributed by atoms with Gasteiger partial charge in [-0.15, -0.1) is 11.8 Å². The highest BCUT2D eigenvalue weighted by atomic mass is 32.2. The Balaban J connectivity index is 1.84. The third-order valence-corrected chi connectivity index (χ3v) is 5.09. The second-order valence-electron chi connectivity index (χ2n) is 5.63. The lowest BCUT2D eigenvalue weighted by Gasteiger charge is -2.13. The van der Waals surface area contributed by atoms with Crippen molar-refractivity contribution in [3.63, 3.8) is 0 Å². The van der Waals surface area contributed by atoms with E-state index in [1.165, 1.54) is 23.9 Å². The van der Waals surface area contributed by atoms with E-state index in [0.29, 0.717) is 18.7 Å². The van der Waals surface area contributed by atoms with Gasteiger partial charge in [0, 0.05) is 30.2 Å². The number of hydrogen-bond acceptors (Lipinski definition) is 4. The monoisotopic (exact) mass is 334 g/mol. The molecule has 2 aromatic rings. The van der Waals surface area contributed by atoms with Gasteiger partial charge in [-0.1, -0.05) is 12.1 Å². The highest BCUT2D eigenvalue weighted by molar-refractivity contribution is 7.98. The molecule has 0 atom stereocenters. The van der Waals surface area contributed by atoms with Gasteiger partial charge in [0.2, 0.25) is 0 Å². The summed E-state index contributed by atoms with van der Waals surface area (Å²) in [5, 5.41) is 9.75. The van der Waals surface area contributed by atoms with Crippen LogP contribution >= 0.6 is 11.8 Å². The predicted octanol–water partition coefficient (Wildman–Crippen LogP) is 2.55. The molecular weight excluding hydrogens is 315 g/mol. The summed E-state index contributed by atoms with van der Waals surface area (Å²) in [6, 6.07) is 6.50. The molecule has 23 heavy (non-hydrogen) atoms. The van der Waals surface area contributed by atoms with Crippen molar-refractivity contribution < 1.29 is 9.50 Å². The van der Waals surface area contributed by atoms with Gasteiger partial charge in [0.1, 0.15) is 10.8 Å². The Labute approximate surface area is 138 Å². The lowest BCUT2D eigenvalue weighted by molar-refractivity contribution is 0.277. The molecule has 0 bridgehead atoms. The minimum atomic E-state index is -0.249. The van der Waals surface area contributed by atoms with Crippen LogP contribution in [0.15, 0.2) is 34.1 Å². The average molecular weight is 334 g/mol. The molecule has 0 unspecified atom stereocenters. The number of fused-ring (bicyclic) bond motifs is 1. The van der Waals surface area contributed by atoms with Crippen LogP contribution in [-0.2, 0) is 25.1 Å². The van der Waals surface area contributed by atoms with Crippen molar-refractivity contribution >= 4 is 11.8 Å². The molecule has 1 N–H and O–H groups in total. The fourth-order valence-corrected chi connectivity index (χ4v) is 3.96. The van der Waals surface area contributed by atoms with Crippen molar-refractivity contribution in [3.8, 4) is 0 Å². The number of aromatic nitrogens is 2. The number of rotatable bonds is 6. The smallest absolute Gasteiger partial charge is 0.348 e. The van der Waals surface area contributed by atoms with Crippen LogP contribution in [-0.4, -0.2) is 21.3 Å². The van der Waals surface area contributed by atoms with E-state index in [1.807, 2.05) is 6.07 Å². The van der Waals surface area contributed by atoms with E-state index in [4.69, 9.17) is 5.11 Å². The molecule has 6 heteroatoms. The number of nitrogens with zero attached hydrogens (tertiary/aromatic N) is 2. The van der Waals surface area contributed by atoms with Crippen LogP contribution in [0.4, 0.5) is 4.39 Å². The van der Waals surface area contributed by atoms with Crippen LogP contribution in [0.3, 0.4) is 0 Å². The molecule has 1 heterocycles. The topological polar surface area (TPSA) is 55.1 Å². The number of aliphatic hydroxyl groups excluding tert-OH is 1. The fraction of sp³-hybridized carbons (Fsp3) is 0.412. The zero-order valence-electron chi connectivity index (χ0n) is 12.8. The third kappa shape index (κ3) is 3.64. The Morgan fingerprint density at radius 3 is 3.00 bits per heavy atom. The van der Waals surface area contributed by atoms with Crippen molar-refractivity contribution in [1.29, 1.82) is 0 Å². The molecule has 0 saturated heterocycles. The van der Waals surface area contributed by atoms with Crippen molar-refractivity contribution in [2.24, 2.45) is 0 Å². The third-order valence-electron chi connectivity index (χ3n) is 4.01. The van der Waals surface area contributed by atoms with Crippen LogP contribution in [0.5, 0.6) is 0 Å². The fourth-order valence-electron chi connectivity index (χ4n) is 2.94. The molecule has 0 fully saturated rings. The van der Waals surface area contributed by atoms with E-state index in [2.05, 4.69) is 4.98 Å². The second kappa shape index (κ2) is 7.27. The maximum absolute atomic E-state index is 13.2. The maximum atomic E-state index is 13.2. The first kappa shape index (κ1) is 16.2. The van der Waals surface area contributed by atoms with Crippen LogP contribution in [0.25, 0.3) is 0 Å². The molecule has 4 nitrogen and oxygen atoms in total. The lowest BCUT2D eigenvalue weighted by Crippen LogP contribution is -2.27. The minimum Gasteiger partial charge on any atom is -0.396 e. The second-order valence-corrected chi connectivity index (χ2v) is 6.59. The Kier molecular flexibility index (Phi) is 5.13. The number of halogens is 1. The summed E-state index contributed by atoms with van der Waals surface area (Å²) in [6.07, 6.45) is 3.39. The summed E-state index contributed by atoms with van der Waals surface area (Å²) < 4.78 is 14.9. The molecule has 3 rings (SSSR count). The largest absolute Gasteiger partial charge is 0.396 e. The first-order chi connectivity index (χ1) is 11.2. The molecule has 1 aliphatic rings. The zero-order chi connectivity index (χ0) is 16.2. The standard InChI is InChI=1S/C17H19FN2O2S/c18-13-5-1-4-12(10-13)11-23-16-14-6-2-7-15(14)20(8-3-9-21)17(22)19-16/h1,4-5,10,21H,2-3,6-9,11H2. The van der Waals surface area contributed by atoms with Gasteiger partial charge >= 0.3 is 5.69 Å². The molecule has 0 radical (unpaired) electrons. The predicted molar refractivity (Wildman–Crippen MR) is 88.2 cm³/mol. The molecular formula is C17H19FN2O2S. The Morgan fingerprint density at radius 2 is 2.22 bits per heavy atom. The van der Waals surface area contributed by atoms with Gasteiger partial charge in [0.25, 0.3) is 0 Å². The van der Waals surface area contributed by atoms with Gasteiger partial charge < -0.3 is 5.11 Å². The SMILES string of the molecule is O=c1nc(SCc2cccc(F)c2)c2c(n1CCCO)CCC2. The first-order valence-corrected chi connectivity index (χ1v) is 8.78. The van der Waals surface area contributed by atoms with E-state index in [0.717, 1.165) is 41.1 Å². The summed E-state index contributed by atoms with van der Waals surface area (Å²) in [4.78, 5) is 16.5. The number of hydrogen-bond donors (Lipinski definition) is 1. The molecule has 1 aromatic carbocycles. The number of thioether (sulfide) groups is 1. The van der Waals surface area contributed by atoms with Crippen molar-refractivity contribution in [1.82, 2.24) is 9.55 Å². The minimum absolute atomic E-state index is 0.0668. The summed E-state index contributed by atoms with van der Waals surface area (Å²) in [5.74, 6) is 0.345. The molecule has 1 aliphatic carbocycles. The Hall–Kier alpha value is -1.66. The van der Waals surface area contributed by atoms with Crippen LogP contribution < -0.4 is 5.69 Å². The van der Waals surface area contributed by atoms with Gasteiger partial charge in [-0.2, -0.15) is 4.98 Å². The van der Waals surface area contributed by atoms with Gasteiger partial charge in [-0.3, -0.25) is 4.57 Å². The van der Waals surface area contributed by atoms with E-state index in [9.17, 15) is 9.18 Å². The summed E-state index contributed by atoms with van der Waals surface area (Å²) in [7, 11) is 0. The Bertz CT molecular complexity index is 761. The van der Waals surface area contributed by atoms with Gasteiger partial charge in [-0.25, -0.2) is 9.18 Å². The quantitative estimate of drug-likeness (QED) is 0.651. The summed E-state index contributed by atoms with van der Waals surface area (Å²) >= 11 is 1.49. The first-order valence-electron chi connectivity index (χ1n) is 7.79. The van der Waals surface area contributed by atoms with Crippen molar-refractivity contribution in [3.05, 3.63) is 57.4 Å². The average Bonchev–Trinajstić information content (AvgIpc) is 3.02. The molecule has 122 valence electrons. The summed E-state index contributed by atoms with van der Waals surface area (Å²) in [6.45, 7) is 0.580. The van der Waals surface area contributed by atoms with Gasteiger partial charge in [0.15, 0.2) is 0 Å². The molecule has 0 saturated carbocycles. The highest BCUT2D eigenvalue weighted by Crippen LogP contribution is 2.31.